The van der Waals surface area contributed by atoms with Crippen LogP contribution in [-0.4, -0.2) is 42.5 Å². The Hall–Kier alpha value is -1.81. The molecular weight excluding hydrogens is 274 g/mol. The van der Waals surface area contributed by atoms with Crippen molar-refractivity contribution >= 4 is 16.8 Å². The first-order chi connectivity index (χ1) is 10.7. The normalized spacial score (nSPS) is 18.9. The van der Waals surface area contributed by atoms with Gasteiger partial charge >= 0.3 is 0 Å². The quantitative estimate of drug-likeness (QED) is 0.861. The molecule has 1 amide bonds. The highest BCUT2D eigenvalue weighted by atomic mass is 16.1. The Labute approximate surface area is 131 Å². The van der Waals surface area contributed by atoms with E-state index < -0.39 is 0 Å². The summed E-state index contributed by atoms with van der Waals surface area (Å²) in [5, 5.41) is 4.36. The van der Waals surface area contributed by atoms with Crippen molar-refractivity contribution in [2.45, 2.75) is 25.7 Å². The summed E-state index contributed by atoms with van der Waals surface area (Å²) in [7, 11) is 2.14. The number of H-pyrrole nitrogens is 1. The minimum atomic E-state index is 0.189. The van der Waals surface area contributed by atoms with E-state index in [0.29, 0.717) is 12.3 Å². The monoisotopic (exact) mass is 299 g/mol. The Balaban J connectivity index is 1.40. The lowest BCUT2D eigenvalue weighted by Crippen LogP contribution is -2.30. The Morgan fingerprint density at radius 1 is 1.41 bits per heavy atom. The number of aromatic amines is 1. The first kappa shape index (κ1) is 15.1. The van der Waals surface area contributed by atoms with Crippen LogP contribution in [0.2, 0.25) is 0 Å². The van der Waals surface area contributed by atoms with Gasteiger partial charge in [0.25, 0.3) is 0 Å². The fraction of sp³-hybridized carbons (Fsp3) is 0.500. The lowest BCUT2D eigenvalue weighted by atomic mass is 10.1. The lowest BCUT2D eigenvalue weighted by molar-refractivity contribution is -0.121. The van der Waals surface area contributed by atoms with Gasteiger partial charge in [0.05, 0.1) is 0 Å². The van der Waals surface area contributed by atoms with Gasteiger partial charge in [0, 0.05) is 36.6 Å². The summed E-state index contributed by atoms with van der Waals surface area (Å²) >= 11 is 0. The van der Waals surface area contributed by atoms with Gasteiger partial charge in [-0.1, -0.05) is 18.2 Å². The highest BCUT2D eigenvalue weighted by Gasteiger charge is 2.19. The number of benzene rings is 1. The summed E-state index contributed by atoms with van der Waals surface area (Å²) in [5.74, 6) is 0.817. The molecule has 0 unspecified atom stereocenters. The molecule has 1 aromatic heterocycles. The van der Waals surface area contributed by atoms with Gasteiger partial charge in [0.2, 0.25) is 5.91 Å². The van der Waals surface area contributed by atoms with Crippen molar-refractivity contribution in [1.29, 1.82) is 0 Å². The van der Waals surface area contributed by atoms with Crippen molar-refractivity contribution in [3.63, 3.8) is 0 Å². The molecule has 0 spiro atoms. The van der Waals surface area contributed by atoms with E-state index in [1.807, 2.05) is 6.07 Å². The van der Waals surface area contributed by atoms with Gasteiger partial charge in [-0.2, -0.15) is 0 Å². The van der Waals surface area contributed by atoms with E-state index in [0.717, 1.165) is 32.5 Å². The molecule has 4 heteroatoms. The zero-order chi connectivity index (χ0) is 15.4. The van der Waals surface area contributed by atoms with Crippen LogP contribution in [0.15, 0.2) is 30.5 Å². The third kappa shape index (κ3) is 3.69. The summed E-state index contributed by atoms with van der Waals surface area (Å²) in [6.07, 6.45) is 5.73. The van der Waals surface area contributed by atoms with Gasteiger partial charge in [-0.15, -0.1) is 0 Å². The maximum atomic E-state index is 11.9. The number of hydrogen-bond donors (Lipinski definition) is 2. The van der Waals surface area contributed by atoms with E-state index in [9.17, 15) is 4.79 Å². The summed E-state index contributed by atoms with van der Waals surface area (Å²) in [5.41, 5.74) is 2.48. The molecule has 1 saturated heterocycles. The molecule has 0 aliphatic carbocycles. The molecule has 1 fully saturated rings. The molecule has 118 valence electrons. The largest absolute Gasteiger partial charge is 0.361 e. The lowest BCUT2D eigenvalue weighted by Gasteiger charge is -2.11. The maximum Gasteiger partial charge on any atom is 0.220 e. The highest BCUT2D eigenvalue weighted by molar-refractivity contribution is 5.83. The van der Waals surface area contributed by atoms with Crippen LogP contribution in [0.3, 0.4) is 0 Å². The second-order valence-corrected chi connectivity index (χ2v) is 6.43. The van der Waals surface area contributed by atoms with Crippen LogP contribution in [0, 0.1) is 5.92 Å². The number of nitrogens with one attached hydrogen (secondary N) is 2. The Bertz CT molecular complexity index is 634. The number of carbonyl (C=O) groups is 1. The summed E-state index contributed by atoms with van der Waals surface area (Å²) in [4.78, 5) is 17.6. The molecular formula is C18H25N3O. The van der Waals surface area contributed by atoms with Crippen molar-refractivity contribution < 1.29 is 4.79 Å². The number of aryl methyl sites for hydroxylation is 1. The first-order valence-corrected chi connectivity index (χ1v) is 8.22. The number of carbonyl (C=O) groups excluding carboxylic acids is 1. The van der Waals surface area contributed by atoms with Crippen molar-refractivity contribution in [2.24, 2.45) is 5.92 Å². The van der Waals surface area contributed by atoms with Crippen LogP contribution < -0.4 is 5.32 Å². The maximum absolute atomic E-state index is 11.9. The number of fused-ring (bicyclic) bond motifs is 1. The number of rotatable bonds is 6. The molecule has 2 N–H and O–H groups in total. The minimum absolute atomic E-state index is 0.189. The van der Waals surface area contributed by atoms with E-state index in [-0.39, 0.29) is 5.91 Å². The van der Waals surface area contributed by atoms with Gasteiger partial charge in [0.15, 0.2) is 0 Å². The minimum Gasteiger partial charge on any atom is -0.361 e. The average molecular weight is 299 g/mol. The van der Waals surface area contributed by atoms with Gasteiger partial charge in [-0.05, 0) is 50.4 Å². The molecule has 4 nitrogen and oxygen atoms in total. The van der Waals surface area contributed by atoms with Gasteiger partial charge in [-0.25, -0.2) is 0 Å². The zero-order valence-electron chi connectivity index (χ0n) is 13.3. The van der Waals surface area contributed by atoms with Crippen LogP contribution in [0.25, 0.3) is 10.9 Å². The Morgan fingerprint density at radius 2 is 2.27 bits per heavy atom. The Kier molecular flexibility index (Phi) is 4.78. The van der Waals surface area contributed by atoms with Gasteiger partial charge in [-0.3, -0.25) is 4.79 Å². The zero-order valence-corrected chi connectivity index (χ0v) is 13.3. The smallest absolute Gasteiger partial charge is 0.220 e. The average Bonchev–Trinajstić information content (AvgIpc) is 3.12. The SMILES string of the molecule is CN1CC[C@@H](CNC(=O)CCCc2c[nH]c3ccccc23)C1. The second kappa shape index (κ2) is 6.97. The van der Waals surface area contributed by atoms with Crippen LogP contribution in [-0.2, 0) is 11.2 Å². The van der Waals surface area contributed by atoms with Gasteiger partial charge < -0.3 is 15.2 Å². The fourth-order valence-corrected chi connectivity index (χ4v) is 3.32. The topological polar surface area (TPSA) is 48.1 Å². The van der Waals surface area contributed by atoms with Crippen LogP contribution in [0.5, 0.6) is 0 Å². The number of para-hydroxylation sites is 1. The van der Waals surface area contributed by atoms with Gasteiger partial charge in [0.1, 0.15) is 0 Å². The fourth-order valence-electron chi connectivity index (χ4n) is 3.32. The molecule has 0 radical (unpaired) electrons. The Morgan fingerprint density at radius 3 is 3.09 bits per heavy atom. The van der Waals surface area contributed by atoms with Crippen LogP contribution in [0.1, 0.15) is 24.8 Å². The number of hydrogen-bond acceptors (Lipinski definition) is 2. The second-order valence-electron chi connectivity index (χ2n) is 6.43. The van der Waals surface area contributed by atoms with Crippen LogP contribution in [0.4, 0.5) is 0 Å². The summed E-state index contributed by atoms with van der Waals surface area (Å²) in [6, 6.07) is 8.32. The van der Waals surface area contributed by atoms with Crippen molar-refractivity contribution in [3.05, 3.63) is 36.0 Å². The van der Waals surface area contributed by atoms with Crippen LogP contribution >= 0.6 is 0 Å². The summed E-state index contributed by atoms with van der Waals surface area (Å²) in [6.45, 7) is 3.09. The van der Waals surface area contributed by atoms with Crippen molar-refractivity contribution in [1.82, 2.24) is 15.2 Å². The van der Waals surface area contributed by atoms with Crippen molar-refractivity contribution in [2.75, 3.05) is 26.7 Å². The molecule has 3 rings (SSSR count). The molecule has 1 atom stereocenters. The molecule has 2 aromatic rings. The highest BCUT2D eigenvalue weighted by Crippen LogP contribution is 2.19. The van der Waals surface area contributed by atoms with E-state index >= 15 is 0 Å². The predicted molar refractivity (Wildman–Crippen MR) is 89.9 cm³/mol. The van der Waals surface area contributed by atoms with E-state index in [4.69, 9.17) is 0 Å². The molecule has 1 aromatic carbocycles. The van der Waals surface area contributed by atoms with E-state index in [1.54, 1.807) is 0 Å². The number of likely N-dealkylation sites (tertiary alicyclic amines) is 1. The summed E-state index contributed by atoms with van der Waals surface area (Å²) < 4.78 is 0. The standard InChI is InChI=1S/C18H25N3O/c1-21-10-9-14(13-21)11-20-18(22)8-4-5-15-12-19-17-7-3-2-6-16(15)17/h2-3,6-7,12,14,19H,4-5,8-11,13H2,1H3,(H,20,22)/t14-/m0/s1. The molecule has 2 heterocycles. The molecule has 22 heavy (non-hydrogen) atoms. The first-order valence-electron chi connectivity index (χ1n) is 8.22. The predicted octanol–water partition coefficient (Wildman–Crippen LogP) is 2.56. The van der Waals surface area contributed by atoms with E-state index in [2.05, 4.69) is 46.6 Å². The number of amides is 1. The molecule has 1 aliphatic rings. The number of nitrogens with zero attached hydrogens (tertiary/aromatic N) is 1. The third-order valence-corrected chi connectivity index (χ3v) is 4.60. The molecule has 0 bridgehead atoms. The third-order valence-electron chi connectivity index (χ3n) is 4.60. The number of aromatic nitrogens is 1. The van der Waals surface area contributed by atoms with E-state index in [1.165, 1.54) is 22.9 Å². The molecule has 0 saturated carbocycles. The molecule has 1 aliphatic heterocycles. The van der Waals surface area contributed by atoms with Crippen molar-refractivity contribution in [3.8, 4) is 0 Å².